The van der Waals surface area contributed by atoms with Crippen molar-refractivity contribution >= 4 is 28.8 Å². The third-order valence-corrected chi connectivity index (χ3v) is 4.15. The number of ketones is 1. The van der Waals surface area contributed by atoms with Gasteiger partial charge in [-0.05, 0) is 38.6 Å². The van der Waals surface area contributed by atoms with Gasteiger partial charge in [-0.3, -0.25) is 14.9 Å². The van der Waals surface area contributed by atoms with Gasteiger partial charge in [-0.1, -0.05) is 6.92 Å². The molecule has 1 atom stereocenters. The molecule has 0 aliphatic carbocycles. The van der Waals surface area contributed by atoms with Gasteiger partial charge < -0.3 is 20.1 Å². The molecule has 1 unspecified atom stereocenters. The molecule has 0 saturated carbocycles. The fraction of sp³-hybridized carbons (Fsp3) is 0.412. The Bertz CT molecular complexity index is 791. The Morgan fingerprint density at radius 1 is 1.38 bits per heavy atom. The molecule has 0 bridgehead atoms. The number of carbonyl (C=O) groups excluding carboxylic acids is 1. The lowest BCUT2D eigenvalue weighted by atomic mass is 9.91. The van der Waals surface area contributed by atoms with Crippen molar-refractivity contribution in [3.63, 3.8) is 0 Å². The molecule has 140 valence electrons. The highest BCUT2D eigenvalue weighted by atomic mass is 32.1. The highest BCUT2D eigenvalue weighted by Crippen LogP contribution is 2.40. The first-order chi connectivity index (χ1) is 12.3. The third kappa shape index (κ3) is 3.93. The smallest absolute Gasteiger partial charge is 0.279 e. The second kappa shape index (κ2) is 8.13. The van der Waals surface area contributed by atoms with E-state index in [1.54, 1.807) is 6.92 Å². The Hall–Kier alpha value is -2.68. The van der Waals surface area contributed by atoms with E-state index in [1.165, 1.54) is 26.2 Å². The van der Waals surface area contributed by atoms with E-state index in [2.05, 4.69) is 10.6 Å². The second-order valence-corrected chi connectivity index (χ2v) is 6.20. The Morgan fingerprint density at radius 2 is 2.08 bits per heavy atom. The number of thiocarbonyl (C=S) groups is 1. The molecule has 0 amide bonds. The summed E-state index contributed by atoms with van der Waals surface area (Å²) in [6.07, 6.45) is 0.767. The number of nitro groups is 1. The van der Waals surface area contributed by atoms with E-state index in [0.29, 0.717) is 28.7 Å². The second-order valence-electron chi connectivity index (χ2n) is 5.79. The van der Waals surface area contributed by atoms with Gasteiger partial charge in [0.1, 0.15) is 0 Å². The quantitative estimate of drug-likeness (QED) is 0.423. The molecule has 0 spiro atoms. The summed E-state index contributed by atoms with van der Waals surface area (Å²) in [5, 5.41) is 17.8. The minimum atomic E-state index is -0.753. The largest absolute Gasteiger partial charge is 0.493 e. The molecule has 2 rings (SSSR count). The molecule has 0 radical (unpaired) electrons. The molecule has 1 aliphatic heterocycles. The molecule has 0 saturated heterocycles. The maximum absolute atomic E-state index is 12.2. The number of nitro benzene ring substituents is 1. The molecule has 2 N–H and O–H groups in total. The van der Waals surface area contributed by atoms with Crippen molar-refractivity contribution in [2.45, 2.75) is 33.2 Å². The van der Waals surface area contributed by atoms with Crippen molar-refractivity contribution in [3.8, 4) is 11.5 Å². The lowest BCUT2D eigenvalue weighted by Crippen LogP contribution is -2.44. The van der Waals surface area contributed by atoms with E-state index in [1.807, 2.05) is 6.92 Å². The molecule has 1 aromatic rings. The van der Waals surface area contributed by atoms with Gasteiger partial charge >= 0.3 is 0 Å². The van der Waals surface area contributed by atoms with Crippen molar-refractivity contribution in [3.05, 3.63) is 39.1 Å². The van der Waals surface area contributed by atoms with Crippen LogP contribution in [0.2, 0.25) is 0 Å². The summed E-state index contributed by atoms with van der Waals surface area (Å²) >= 11 is 5.17. The average molecular weight is 379 g/mol. The lowest BCUT2D eigenvalue weighted by Gasteiger charge is -2.30. The number of nitrogens with zero attached hydrogens (tertiary/aromatic N) is 1. The van der Waals surface area contributed by atoms with Crippen LogP contribution in [0.1, 0.15) is 38.8 Å². The first-order valence-electron chi connectivity index (χ1n) is 8.08. The maximum atomic E-state index is 12.2. The van der Waals surface area contributed by atoms with Crippen LogP contribution in [0.5, 0.6) is 11.5 Å². The maximum Gasteiger partial charge on any atom is 0.279 e. The zero-order valence-corrected chi connectivity index (χ0v) is 15.9. The lowest BCUT2D eigenvalue weighted by molar-refractivity contribution is -0.385. The van der Waals surface area contributed by atoms with Crippen molar-refractivity contribution in [2.24, 2.45) is 0 Å². The minimum absolute atomic E-state index is 0.181. The van der Waals surface area contributed by atoms with Crippen LogP contribution in [0.25, 0.3) is 0 Å². The van der Waals surface area contributed by atoms with E-state index in [4.69, 9.17) is 21.7 Å². The Morgan fingerprint density at radius 3 is 2.62 bits per heavy atom. The van der Waals surface area contributed by atoms with Crippen LogP contribution < -0.4 is 20.1 Å². The van der Waals surface area contributed by atoms with Gasteiger partial charge in [-0.25, -0.2) is 0 Å². The topological polar surface area (TPSA) is 103 Å². The van der Waals surface area contributed by atoms with Crippen LogP contribution in [0, 0.1) is 10.1 Å². The molecular weight excluding hydrogens is 358 g/mol. The van der Waals surface area contributed by atoms with Crippen molar-refractivity contribution < 1.29 is 19.2 Å². The number of rotatable bonds is 7. The molecule has 1 heterocycles. The first-order valence-corrected chi connectivity index (χ1v) is 8.49. The number of hydrogen-bond acceptors (Lipinski definition) is 6. The number of carbonyl (C=O) groups is 1. The summed E-state index contributed by atoms with van der Waals surface area (Å²) in [6, 6.07) is 2.09. The molecule has 1 aromatic carbocycles. The van der Waals surface area contributed by atoms with Gasteiger partial charge in [0.15, 0.2) is 22.4 Å². The number of allylic oxidation sites excluding steroid dienone is 1. The van der Waals surface area contributed by atoms with Gasteiger partial charge in [-0.2, -0.15) is 0 Å². The number of methoxy groups -OCH3 is 1. The Kier molecular flexibility index (Phi) is 6.14. The van der Waals surface area contributed by atoms with Gasteiger partial charge in [0.25, 0.3) is 5.69 Å². The fourth-order valence-electron chi connectivity index (χ4n) is 2.83. The summed E-state index contributed by atoms with van der Waals surface area (Å²) in [6.45, 7) is 5.50. The number of nitrogens with one attached hydrogen (secondary N) is 2. The molecule has 0 fully saturated rings. The molecule has 0 aromatic heterocycles. The fourth-order valence-corrected chi connectivity index (χ4v) is 3.10. The number of Topliss-reactive ketones (excluding diaryl/α,β-unsaturated/α-hetero) is 1. The standard InChI is InChI=1S/C17H21N3O5S/c1-5-6-25-14-7-11(12(20(22)23)8-13(14)24-4)16-15(10(3)21)9(2)18-17(26)19-16/h7-8,16H,5-6H2,1-4H3,(H2,18,19,26). The van der Waals surface area contributed by atoms with E-state index in [0.717, 1.165) is 6.42 Å². The van der Waals surface area contributed by atoms with E-state index in [9.17, 15) is 14.9 Å². The molecule has 8 nitrogen and oxygen atoms in total. The Balaban J connectivity index is 2.68. The highest BCUT2D eigenvalue weighted by Gasteiger charge is 2.34. The summed E-state index contributed by atoms with van der Waals surface area (Å²) < 4.78 is 10.9. The van der Waals surface area contributed by atoms with Crippen LogP contribution in [0.15, 0.2) is 23.4 Å². The van der Waals surface area contributed by atoms with E-state index < -0.39 is 11.0 Å². The van der Waals surface area contributed by atoms with Gasteiger partial charge in [0.2, 0.25) is 0 Å². The van der Waals surface area contributed by atoms with Crippen molar-refractivity contribution in [2.75, 3.05) is 13.7 Å². The van der Waals surface area contributed by atoms with Crippen LogP contribution in [0.4, 0.5) is 5.69 Å². The summed E-state index contributed by atoms with van der Waals surface area (Å²) in [4.78, 5) is 23.3. The third-order valence-electron chi connectivity index (χ3n) is 3.93. The zero-order chi connectivity index (χ0) is 19.4. The highest BCUT2D eigenvalue weighted by molar-refractivity contribution is 7.80. The predicted molar refractivity (Wildman–Crippen MR) is 100 cm³/mol. The summed E-state index contributed by atoms with van der Waals surface area (Å²) in [5.74, 6) is 0.424. The van der Waals surface area contributed by atoms with Crippen LogP contribution in [-0.4, -0.2) is 29.5 Å². The molecule has 1 aliphatic rings. The van der Waals surface area contributed by atoms with Crippen molar-refractivity contribution in [1.29, 1.82) is 0 Å². The predicted octanol–water partition coefficient (Wildman–Crippen LogP) is 2.77. The van der Waals surface area contributed by atoms with Gasteiger partial charge in [0.05, 0.1) is 36.3 Å². The summed E-state index contributed by atoms with van der Waals surface area (Å²) in [7, 11) is 1.42. The molecule has 9 heteroatoms. The van der Waals surface area contributed by atoms with Crippen LogP contribution in [0.3, 0.4) is 0 Å². The van der Waals surface area contributed by atoms with Crippen LogP contribution >= 0.6 is 12.2 Å². The van der Waals surface area contributed by atoms with E-state index in [-0.39, 0.29) is 22.8 Å². The SMILES string of the molecule is CCCOc1cc(C2NC(=S)NC(C)=C2C(C)=O)c([N+](=O)[O-])cc1OC. The average Bonchev–Trinajstić information content (AvgIpc) is 2.57. The van der Waals surface area contributed by atoms with E-state index >= 15 is 0 Å². The number of benzene rings is 1. The summed E-state index contributed by atoms with van der Waals surface area (Å²) in [5.41, 5.74) is 1.05. The Labute approximate surface area is 156 Å². The number of ether oxygens (including phenoxy) is 2. The molecule has 26 heavy (non-hydrogen) atoms. The monoisotopic (exact) mass is 379 g/mol. The van der Waals surface area contributed by atoms with Gasteiger partial charge in [0, 0.05) is 11.3 Å². The normalized spacial score (nSPS) is 16.6. The van der Waals surface area contributed by atoms with Crippen molar-refractivity contribution in [1.82, 2.24) is 10.6 Å². The van der Waals surface area contributed by atoms with Gasteiger partial charge in [-0.15, -0.1) is 0 Å². The number of hydrogen-bond donors (Lipinski definition) is 2. The minimum Gasteiger partial charge on any atom is -0.493 e. The zero-order valence-electron chi connectivity index (χ0n) is 15.0. The first kappa shape index (κ1) is 19.6. The van der Waals surface area contributed by atoms with Crippen LogP contribution in [-0.2, 0) is 4.79 Å². The molecular formula is C17H21N3O5S.